The predicted octanol–water partition coefficient (Wildman–Crippen LogP) is 3.88. The van der Waals surface area contributed by atoms with Gasteiger partial charge in [0.25, 0.3) is 11.5 Å². The molecule has 1 aromatic carbocycles. The first kappa shape index (κ1) is 22.1. The number of nitrogens with zero attached hydrogens (tertiary/aromatic N) is 2. The first-order chi connectivity index (χ1) is 15.6. The van der Waals surface area contributed by atoms with Crippen molar-refractivity contribution in [2.24, 2.45) is 5.92 Å². The molecule has 3 aromatic rings. The van der Waals surface area contributed by atoms with E-state index in [9.17, 15) is 9.59 Å². The van der Waals surface area contributed by atoms with Gasteiger partial charge in [-0.15, -0.1) is 0 Å². The number of rotatable bonds is 5. The molecule has 3 N–H and O–H groups in total. The zero-order valence-corrected chi connectivity index (χ0v) is 18.3. The SMILES string of the molecule is COc1cc2[nH]ncc2cc1C(=O)Nc1cccn(C2CC2)c1=O.OCC1CCCCC1. The van der Waals surface area contributed by atoms with Gasteiger partial charge in [-0.05, 0) is 49.8 Å². The predicted molar refractivity (Wildman–Crippen MR) is 123 cm³/mol. The third kappa shape index (κ3) is 5.02. The molecule has 1 amide bonds. The average Bonchev–Trinajstić information content (AvgIpc) is 3.57. The summed E-state index contributed by atoms with van der Waals surface area (Å²) in [6.45, 7) is 0.417. The van der Waals surface area contributed by atoms with E-state index >= 15 is 0 Å². The Balaban J connectivity index is 0.000000260. The first-order valence-corrected chi connectivity index (χ1v) is 11.2. The van der Waals surface area contributed by atoms with Crippen molar-refractivity contribution in [1.82, 2.24) is 14.8 Å². The van der Waals surface area contributed by atoms with Crippen molar-refractivity contribution in [3.63, 3.8) is 0 Å². The molecular formula is C24H30N4O4. The molecule has 8 nitrogen and oxygen atoms in total. The number of H-pyrrole nitrogens is 1. The number of carbonyl (C=O) groups excluding carboxylic acids is 1. The number of aromatic amines is 1. The number of anilines is 1. The number of amides is 1. The van der Waals surface area contributed by atoms with Crippen LogP contribution in [0.4, 0.5) is 5.69 Å². The van der Waals surface area contributed by atoms with Crippen molar-refractivity contribution in [2.75, 3.05) is 19.0 Å². The highest BCUT2D eigenvalue weighted by Gasteiger charge is 2.25. The largest absolute Gasteiger partial charge is 0.496 e. The lowest BCUT2D eigenvalue weighted by Crippen LogP contribution is -2.25. The Morgan fingerprint density at radius 2 is 2.03 bits per heavy atom. The molecule has 0 atom stereocenters. The molecule has 0 spiro atoms. The van der Waals surface area contributed by atoms with Crippen molar-refractivity contribution in [2.45, 2.75) is 51.0 Å². The minimum Gasteiger partial charge on any atom is -0.496 e. The normalized spacial score (nSPS) is 16.3. The summed E-state index contributed by atoms with van der Waals surface area (Å²) >= 11 is 0. The number of carbonyl (C=O) groups is 1. The monoisotopic (exact) mass is 438 g/mol. The molecule has 0 unspecified atom stereocenters. The molecule has 0 aliphatic heterocycles. The lowest BCUT2D eigenvalue weighted by molar-refractivity contribution is 0.102. The van der Waals surface area contributed by atoms with Gasteiger partial charge in [0.1, 0.15) is 11.4 Å². The summed E-state index contributed by atoms with van der Waals surface area (Å²) in [5, 5.41) is 19.0. The smallest absolute Gasteiger partial charge is 0.274 e. The Bertz CT molecular complexity index is 1130. The van der Waals surface area contributed by atoms with E-state index in [4.69, 9.17) is 9.84 Å². The number of aromatic nitrogens is 3. The minimum atomic E-state index is -0.388. The Morgan fingerprint density at radius 3 is 2.69 bits per heavy atom. The van der Waals surface area contributed by atoms with E-state index in [1.165, 1.54) is 39.2 Å². The van der Waals surface area contributed by atoms with Crippen LogP contribution in [0.25, 0.3) is 10.9 Å². The summed E-state index contributed by atoms with van der Waals surface area (Å²) in [6, 6.07) is 7.04. The van der Waals surface area contributed by atoms with Gasteiger partial charge in [0.2, 0.25) is 0 Å². The summed E-state index contributed by atoms with van der Waals surface area (Å²) in [7, 11) is 1.50. The standard InChI is InChI=1S/C17H16N4O3.C7H14O/c1-24-15-8-14-10(9-18-20-14)7-12(15)16(22)19-13-3-2-6-21(17(13)23)11-4-5-11;8-6-7-4-2-1-3-5-7/h2-3,6-9,11H,4-5H2,1H3,(H,18,20)(H,19,22);7-8H,1-6H2. The van der Waals surface area contributed by atoms with E-state index in [1.807, 2.05) is 0 Å². The number of hydrogen-bond donors (Lipinski definition) is 3. The van der Waals surface area contributed by atoms with E-state index in [0.29, 0.717) is 23.8 Å². The Labute approximate surface area is 186 Å². The number of nitrogens with one attached hydrogen (secondary N) is 2. The van der Waals surface area contributed by atoms with Crippen LogP contribution < -0.4 is 15.6 Å². The fourth-order valence-corrected chi connectivity index (χ4v) is 4.12. The van der Waals surface area contributed by atoms with Crippen LogP contribution in [0.3, 0.4) is 0 Å². The second-order valence-corrected chi connectivity index (χ2v) is 8.52. The van der Waals surface area contributed by atoms with Crippen molar-refractivity contribution in [1.29, 1.82) is 0 Å². The van der Waals surface area contributed by atoms with Crippen molar-refractivity contribution in [3.8, 4) is 5.75 Å². The minimum absolute atomic E-state index is 0.184. The van der Waals surface area contributed by atoms with Gasteiger partial charge in [-0.2, -0.15) is 5.10 Å². The van der Waals surface area contributed by atoms with Crippen LogP contribution in [0, 0.1) is 5.92 Å². The quantitative estimate of drug-likeness (QED) is 0.560. The van der Waals surface area contributed by atoms with E-state index < -0.39 is 0 Å². The van der Waals surface area contributed by atoms with Crippen molar-refractivity contribution >= 4 is 22.5 Å². The molecule has 32 heavy (non-hydrogen) atoms. The zero-order chi connectivity index (χ0) is 22.5. The van der Waals surface area contributed by atoms with Crippen LogP contribution >= 0.6 is 0 Å². The molecule has 2 fully saturated rings. The molecule has 2 heterocycles. The fraction of sp³-hybridized carbons (Fsp3) is 0.458. The van der Waals surface area contributed by atoms with Gasteiger partial charge in [-0.25, -0.2) is 0 Å². The maximum Gasteiger partial charge on any atom is 0.274 e. The second kappa shape index (κ2) is 9.99. The van der Waals surface area contributed by atoms with Gasteiger partial charge in [0.15, 0.2) is 0 Å². The van der Waals surface area contributed by atoms with Crippen LogP contribution in [0.2, 0.25) is 0 Å². The number of aliphatic hydroxyl groups excluding tert-OH is 1. The highest BCUT2D eigenvalue weighted by molar-refractivity contribution is 6.08. The molecule has 0 radical (unpaired) electrons. The Hall–Kier alpha value is -3.13. The van der Waals surface area contributed by atoms with Crippen molar-refractivity contribution in [3.05, 3.63) is 52.6 Å². The maximum atomic E-state index is 12.6. The number of hydrogen-bond acceptors (Lipinski definition) is 5. The van der Waals surface area contributed by atoms with E-state index in [-0.39, 0.29) is 23.2 Å². The molecule has 0 saturated heterocycles. The average molecular weight is 439 g/mol. The fourth-order valence-electron chi connectivity index (χ4n) is 4.12. The number of methoxy groups -OCH3 is 1. The lowest BCUT2D eigenvalue weighted by atomic mass is 9.90. The Morgan fingerprint density at radius 1 is 1.25 bits per heavy atom. The highest BCUT2D eigenvalue weighted by atomic mass is 16.5. The molecule has 2 aromatic heterocycles. The van der Waals surface area contributed by atoms with Gasteiger partial charge in [0, 0.05) is 30.3 Å². The summed E-state index contributed by atoms with van der Waals surface area (Å²) in [4.78, 5) is 25.1. The summed E-state index contributed by atoms with van der Waals surface area (Å²) in [5.41, 5.74) is 1.22. The molecule has 170 valence electrons. The second-order valence-electron chi connectivity index (χ2n) is 8.52. The molecule has 2 aliphatic carbocycles. The number of aliphatic hydroxyl groups is 1. The number of fused-ring (bicyclic) bond motifs is 1. The summed E-state index contributed by atoms with van der Waals surface area (Å²) in [6.07, 6.45) is 12.0. The Kier molecular flexibility index (Phi) is 6.90. The van der Waals surface area contributed by atoms with Gasteiger partial charge < -0.3 is 19.7 Å². The topological polar surface area (TPSA) is 109 Å². The first-order valence-electron chi connectivity index (χ1n) is 11.2. The lowest BCUT2D eigenvalue weighted by Gasteiger charge is -2.18. The molecule has 0 bridgehead atoms. The summed E-state index contributed by atoms with van der Waals surface area (Å²) in [5.74, 6) is 0.673. The van der Waals surface area contributed by atoms with Crippen LogP contribution in [0.15, 0.2) is 41.5 Å². The van der Waals surface area contributed by atoms with Crippen LogP contribution in [-0.4, -0.2) is 39.5 Å². The molecule has 2 aliphatic rings. The zero-order valence-electron chi connectivity index (χ0n) is 18.3. The van der Waals surface area contributed by atoms with E-state index in [1.54, 1.807) is 41.2 Å². The summed E-state index contributed by atoms with van der Waals surface area (Å²) < 4.78 is 6.96. The third-order valence-corrected chi connectivity index (χ3v) is 6.15. The molecule has 2 saturated carbocycles. The highest BCUT2D eigenvalue weighted by Crippen LogP contribution is 2.33. The van der Waals surface area contributed by atoms with Gasteiger partial charge >= 0.3 is 0 Å². The molecule has 5 rings (SSSR count). The van der Waals surface area contributed by atoms with Crippen LogP contribution in [-0.2, 0) is 0 Å². The van der Waals surface area contributed by atoms with Gasteiger partial charge in [-0.1, -0.05) is 19.3 Å². The number of ether oxygens (including phenoxy) is 1. The third-order valence-electron chi connectivity index (χ3n) is 6.15. The van der Waals surface area contributed by atoms with E-state index in [0.717, 1.165) is 23.7 Å². The van der Waals surface area contributed by atoms with Gasteiger partial charge in [0.05, 0.1) is 24.4 Å². The maximum absolute atomic E-state index is 12.6. The number of pyridine rings is 1. The van der Waals surface area contributed by atoms with Crippen molar-refractivity contribution < 1.29 is 14.6 Å². The van der Waals surface area contributed by atoms with E-state index in [2.05, 4.69) is 15.5 Å². The van der Waals surface area contributed by atoms with Crippen LogP contribution in [0.5, 0.6) is 5.75 Å². The van der Waals surface area contributed by atoms with Crippen LogP contribution in [0.1, 0.15) is 61.3 Å². The van der Waals surface area contributed by atoms with Gasteiger partial charge in [-0.3, -0.25) is 14.7 Å². The number of benzene rings is 1. The molecular weight excluding hydrogens is 408 g/mol. The molecule has 8 heteroatoms.